The minimum atomic E-state index is -0.597. The molecule has 3 N–H and O–H groups in total. The van der Waals surface area contributed by atoms with E-state index >= 15 is 0 Å². The van der Waals surface area contributed by atoms with Crippen molar-refractivity contribution in [2.75, 3.05) is 5.32 Å². The molecule has 0 bridgehead atoms. The zero-order chi connectivity index (χ0) is 17.1. The molecule has 6 nitrogen and oxygen atoms in total. The maximum Gasteiger partial charge on any atom is 0.265 e. The van der Waals surface area contributed by atoms with E-state index in [0.717, 1.165) is 0 Å². The van der Waals surface area contributed by atoms with Crippen molar-refractivity contribution in [3.8, 4) is 0 Å². The van der Waals surface area contributed by atoms with Gasteiger partial charge in [-0.25, -0.2) is 0 Å². The highest BCUT2D eigenvalue weighted by Crippen LogP contribution is 2.21. The van der Waals surface area contributed by atoms with Crippen molar-refractivity contribution in [2.24, 2.45) is 5.73 Å². The van der Waals surface area contributed by atoms with Crippen LogP contribution in [0.2, 0.25) is 5.02 Å². The number of nitrogens with one attached hydrogen (secondary N) is 1. The fourth-order valence-electron chi connectivity index (χ4n) is 2.35. The van der Waals surface area contributed by atoms with Gasteiger partial charge < -0.3 is 20.0 Å². The van der Waals surface area contributed by atoms with E-state index in [1.54, 1.807) is 53.1 Å². The molecule has 0 aliphatic heterocycles. The molecule has 0 spiro atoms. The lowest BCUT2D eigenvalue weighted by Gasteiger charge is -2.12. The van der Waals surface area contributed by atoms with Gasteiger partial charge in [0.2, 0.25) is 0 Å². The molecule has 0 radical (unpaired) electrons. The van der Waals surface area contributed by atoms with Crippen molar-refractivity contribution in [1.82, 2.24) is 4.57 Å². The Kier molecular flexibility index (Phi) is 4.39. The summed E-state index contributed by atoms with van der Waals surface area (Å²) in [7, 11) is 0. The minimum Gasteiger partial charge on any atom is -0.467 e. The van der Waals surface area contributed by atoms with Crippen LogP contribution in [0.5, 0.6) is 0 Å². The normalized spacial score (nSPS) is 10.5. The van der Waals surface area contributed by atoms with Crippen LogP contribution in [0.4, 0.5) is 5.82 Å². The molecule has 0 atom stereocenters. The van der Waals surface area contributed by atoms with Gasteiger partial charge in [-0.15, -0.1) is 0 Å². The Labute approximate surface area is 142 Å². The first-order valence-corrected chi connectivity index (χ1v) is 7.51. The zero-order valence-electron chi connectivity index (χ0n) is 12.5. The van der Waals surface area contributed by atoms with Crippen LogP contribution in [0.25, 0.3) is 0 Å². The van der Waals surface area contributed by atoms with Crippen LogP contribution < -0.4 is 11.1 Å². The Balaban J connectivity index is 1.92. The lowest BCUT2D eigenvalue weighted by molar-refractivity contribution is 0.0987. The van der Waals surface area contributed by atoms with Crippen LogP contribution >= 0.6 is 11.6 Å². The molecule has 0 saturated carbocycles. The van der Waals surface area contributed by atoms with E-state index in [-0.39, 0.29) is 18.1 Å². The molecular weight excluding hydrogens is 330 g/mol. The van der Waals surface area contributed by atoms with Gasteiger partial charge in [0, 0.05) is 0 Å². The fourth-order valence-corrected chi connectivity index (χ4v) is 2.57. The second kappa shape index (κ2) is 6.64. The third-order valence-corrected chi connectivity index (χ3v) is 3.82. The van der Waals surface area contributed by atoms with Crippen LogP contribution in [0.15, 0.2) is 59.2 Å². The molecule has 0 aliphatic carbocycles. The van der Waals surface area contributed by atoms with Crippen LogP contribution in [-0.2, 0) is 6.54 Å². The number of primary amides is 1. The fraction of sp³-hybridized carbons (Fsp3) is 0.0588. The summed E-state index contributed by atoms with van der Waals surface area (Å²) in [6.45, 7) is 0.260. The predicted octanol–water partition coefficient (Wildman–Crippen LogP) is 3.13. The van der Waals surface area contributed by atoms with Gasteiger partial charge in [0.25, 0.3) is 11.8 Å². The van der Waals surface area contributed by atoms with E-state index in [0.29, 0.717) is 22.2 Å². The van der Waals surface area contributed by atoms with Crippen LogP contribution in [0, 0.1) is 0 Å². The van der Waals surface area contributed by atoms with Gasteiger partial charge in [0.1, 0.15) is 17.3 Å². The van der Waals surface area contributed by atoms with Gasteiger partial charge in [-0.1, -0.05) is 23.7 Å². The third kappa shape index (κ3) is 3.18. The first-order valence-electron chi connectivity index (χ1n) is 7.14. The van der Waals surface area contributed by atoms with E-state index < -0.39 is 5.91 Å². The summed E-state index contributed by atoms with van der Waals surface area (Å²) in [5.74, 6) is 0.0716. The summed E-state index contributed by atoms with van der Waals surface area (Å²) in [5.41, 5.74) is 6.00. The topological polar surface area (TPSA) is 90.3 Å². The largest absolute Gasteiger partial charge is 0.467 e. The predicted molar refractivity (Wildman–Crippen MR) is 90.2 cm³/mol. The Morgan fingerprint density at radius 3 is 2.58 bits per heavy atom. The number of furan rings is 1. The number of aromatic nitrogens is 1. The first kappa shape index (κ1) is 15.9. The second-order valence-corrected chi connectivity index (χ2v) is 5.47. The monoisotopic (exact) mass is 343 g/mol. The van der Waals surface area contributed by atoms with Crippen molar-refractivity contribution in [1.29, 1.82) is 0 Å². The van der Waals surface area contributed by atoms with Crippen molar-refractivity contribution >= 4 is 29.2 Å². The molecule has 3 aromatic rings. The number of amides is 2. The number of carbonyl (C=O) groups is 2. The highest BCUT2D eigenvalue weighted by molar-refractivity contribution is 6.34. The van der Waals surface area contributed by atoms with Crippen molar-refractivity contribution in [2.45, 2.75) is 6.54 Å². The molecule has 122 valence electrons. The summed E-state index contributed by atoms with van der Waals surface area (Å²) in [5, 5.41) is 3.09. The van der Waals surface area contributed by atoms with Crippen LogP contribution in [-0.4, -0.2) is 16.4 Å². The molecule has 7 heteroatoms. The number of hydrogen-bond donors (Lipinski definition) is 2. The van der Waals surface area contributed by atoms with E-state index in [2.05, 4.69) is 5.32 Å². The molecule has 1 aromatic carbocycles. The lowest BCUT2D eigenvalue weighted by atomic mass is 10.2. The number of benzene rings is 1. The minimum absolute atomic E-state index is 0.260. The van der Waals surface area contributed by atoms with E-state index in [1.165, 1.54) is 6.26 Å². The number of hydrogen-bond acceptors (Lipinski definition) is 3. The standard InChI is InChI=1S/C17H14ClN3O3/c18-13-6-2-1-5-12(13)17(23)20-15-8-7-14(16(19)22)21(15)10-11-4-3-9-24-11/h1-9H,10H2,(H2,19,22)(H,20,23). The van der Waals surface area contributed by atoms with E-state index in [1.807, 2.05) is 0 Å². The maximum absolute atomic E-state index is 12.4. The van der Waals surface area contributed by atoms with Gasteiger partial charge in [0.15, 0.2) is 0 Å². The number of halogens is 1. The Hall–Kier alpha value is -2.99. The molecule has 0 saturated heterocycles. The van der Waals surface area contributed by atoms with Gasteiger partial charge >= 0.3 is 0 Å². The SMILES string of the molecule is NC(=O)c1ccc(NC(=O)c2ccccc2Cl)n1Cc1ccco1. The van der Waals surface area contributed by atoms with Crippen LogP contribution in [0.3, 0.4) is 0 Å². The molecule has 2 amide bonds. The zero-order valence-corrected chi connectivity index (χ0v) is 13.3. The summed E-state index contributed by atoms with van der Waals surface area (Å²) >= 11 is 6.04. The second-order valence-electron chi connectivity index (χ2n) is 5.07. The van der Waals surface area contributed by atoms with Crippen molar-refractivity contribution < 1.29 is 14.0 Å². The molecule has 0 fully saturated rings. The molecule has 24 heavy (non-hydrogen) atoms. The smallest absolute Gasteiger partial charge is 0.265 e. The summed E-state index contributed by atoms with van der Waals surface area (Å²) in [6, 6.07) is 13.4. The van der Waals surface area contributed by atoms with Gasteiger partial charge in [-0.3, -0.25) is 9.59 Å². The average Bonchev–Trinajstić information content (AvgIpc) is 3.19. The molecular formula is C17H14ClN3O3. The van der Waals surface area contributed by atoms with Gasteiger partial charge in [-0.2, -0.15) is 0 Å². The first-order chi connectivity index (χ1) is 11.6. The van der Waals surface area contributed by atoms with Crippen LogP contribution in [0.1, 0.15) is 26.6 Å². The van der Waals surface area contributed by atoms with Gasteiger partial charge in [0.05, 0.1) is 23.4 Å². The Morgan fingerprint density at radius 2 is 1.92 bits per heavy atom. The van der Waals surface area contributed by atoms with Crippen molar-refractivity contribution in [3.05, 3.63) is 76.8 Å². The van der Waals surface area contributed by atoms with E-state index in [9.17, 15) is 9.59 Å². The molecule has 0 unspecified atom stereocenters. The molecule has 3 rings (SSSR count). The number of nitrogens with two attached hydrogens (primary N) is 1. The number of rotatable bonds is 5. The summed E-state index contributed by atoms with van der Waals surface area (Å²) in [6.07, 6.45) is 1.53. The lowest BCUT2D eigenvalue weighted by Crippen LogP contribution is -2.21. The van der Waals surface area contributed by atoms with Crippen molar-refractivity contribution in [3.63, 3.8) is 0 Å². The third-order valence-electron chi connectivity index (χ3n) is 3.49. The maximum atomic E-state index is 12.4. The number of nitrogens with zero attached hydrogens (tertiary/aromatic N) is 1. The van der Waals surface area contributed by atoms with E-state index in [4.69, 9.17) is 21.8 Å². The molecule has 2 heterocycles. The average molecular weight is 344 g/mol. The van der Waals surface area contributed by atoms with Gasteiger partial charge in [-0.05, 0) is 36.4 Å². The molecule has 0 aliphatic rings. The number of anilines is 1. The Bertz CT molecular complexity index is 884. The quantitative estimate of drug-likeness (QED) is 0.745. The highest BCUT2D eigenvalue weighted by atomic mass is 35.5. The summed E-state index contributed by atoms with van der Waals surface area (Å²) < 4.78 is 6.88. The Morgan fingerprint density at radius 1 is 1.12 bits per heavy atom. The highest BCUT2D eigenvalue weighted by Gasteiger charge is 2.17. The number of carbonyl (C=O) groups excluding carboxylic acids is 2. The summed E-state index contributed by atoms with van der Waals surface area (Å²) in [4.78, 5) is 24.0. The molecule has 2 aromatic heterocycles.